The quantitative estimate of drug-likeness (QED) is 0.772. The van der Waals surface area contributed by atoms with Gasteiger partial charge >= 0.3 is 0 Å². The summed E-state index contributed by atoms with van der Waals surface area (Å²) in [4.78, 5) is 12.9. The van der Waals surface area contributed by atoms with Crippen LogP contribution >= 0.6 is 11.8 Å². The Balaban J connectivity index is 1.67. The summed E-state index contributed by atoms with van der Waals surface area (Å²) in [6, 6.07) is 13.7. The topological polar surface area (TPSA) is 54.3 Å². The minimum atomic E-state index is -0.671. The van der Waals surface area contributed by atoms with Gasteiger partial charge in [-0.2, -0.15) is 0 Å². The molecule has 1 amide bonds. The molecule has 112 valence electrons. The zero-order chi connectivity index (χ0) is 15.1. The molecule has 4 nitrogen and oxygen atoms in total. The van der Waals surface area contributed by atoms with Crippen LogP contribution in [0.4, 0.5) is 0 Å². The van der Waals surface area contributed by atoms with E-state index in [-0.39, 0.29) is 12.5 Å². The lowest BCUT2D eigenvalue weighted by Gasteiger charge is -2.13. The number of carbonyl (C=O) groups is 1. The van der Waals surface area contributed by atoms with E-state index >= 15 is 0 Å². The summed E-state index contributed by atoms with van der Waals surface area (Å²) in [5, 5.41) is 12.8. The molecular weight excluding hydrogens is 284 g/mol. The van der Waals surface area contributed by atoms with Crippen LogP contribution in [0, 0.1) is 0 Å². The number of hydrogen-bond acceptors (Lipinski definition) is 3. The van der Waals surface area contributed by atoms with Gasteiger partial charge in [-0.15, -0.1) is 11.8 Å². The Bertz CT molecular complexity index is 569. The highest BCUT2D eigenvalue weighted by molar-refractivity contribution is 7.99. The van der Waals surface area contributed by atoms with Crippen LogP contribution < -0.4 is 5.32 Å². The second-order valence-electron chi connectivity index (χ2n) is 4.78. The average Bonchev–Trinajstić information content (AvgIpc) is 2.92. The highest BCUT2D eigenvalue weighted by atomic mass is 32.2. The molecule has 2 aromatic rings. The lowest BCUT2D eigenvalue weighted by molar-refractivity contribution is -0.121. The Labute approximate surface area is 129 Å². The molecule has 2 N–H and O–H groups in total. The molecule has 1 aromatic heterocycles. The van der Waals surface area contributed by atoms with Crippen molar-refractivity contribution in [1.82, 2.24) is 9.88 Å². The van der Waals surface area contributed by atoms with Gasteiger partial charge in [0.05, 0.1) is 0 Å². The predicted octanol–water partition coefficient (Wildman–Crippen LogP) is 2.36. The normalized spacial score (nSPS) is 12.1. The number of carbonyl (C=O) groups excluding carboxylic acids is 1. The van der Waals surface area contributed by atoms with E-state index in [1.54, 1.807) is 11.8 Å². The summed E-state index contributed by atoms with van der Waals surface area (Å²) >= 11 is 1.66. The van der Waals surface area contributed by atoms with Gasteiger partial charge in [-0.3, -0.25) is 4.79 Å². The smallest absolute Gasteiger partial charge is 0.220 e. The molecule has 0 bridgehead atoms. The lowest BCUT2D eigenvalue weighted by atomic mass is 10.2. The van der Waals surface area contributed by atoms with Gasteiger partial charge in [0.2, 0.25) is 5.91 Å². The predicted molar refractivity (Wildman–Crippen MR) is 85.2 cm³/mol. The molecule has 1 aromatic carbocycles. The van der Waals surface area contributed by atoms with Crippen LogP contribution in [0.25, 0.3) is 0 Å². The standard InChI is InChI=1S/C16H20N2O2S/c1-18-10-5-8-14(18)15(19)12-17-16(20)9-11-21-13-6-3-2-4-7-13/h2-8,10,15,19H,9,11-12H2,1H3,(H,17,20). The molecule has 0 aliphatic carbocycles. The molecule has 0 aliphatic heterocycles. The monoisotopic (exact) mass is 304 g/mol. The third-order valence-electron chi connectivity index (χ3n) is 3.16. The van der Waals surface area contributed by atoms with Crippen LogP contribution in [-0.2, 0) is 11.8 Å². The molecule has 5 heteroatoms. The van der Waals surface area contributed by atoms with Crippen LogP contribution in [0.3, 0.4) is 0 Å². The van der Waals surface area contributed by atoms with Crippen LogP contribution in [0.1, 0.15) is 18.2 Å². The van der Waals surface area contributed by atoms with E-state index in [1.165, 1.54) is 0 Å². The number of nitrogens with one attached hydrogen (secondary N) is 1. The van der Waals surface area contributed by atoms with Gasteiger partial charge in [0.25, 0.3) is 0 Å². The number of hydrogen-bond donors (Lipinski definition) is 2. The van der Waals surface area contributed by atoms with E-state index < -0.39 is 6.10 Å². The van der Waals surface area contributed by atoms with Crippen LogP contribution in [0.15, 0.2) is 53.6 Å². The molecular formula is C16H20N2O2S. The van der Waals surface area contributed by atoms with Gasteiger partial charge in [0.1, 0.15) is 6.10 Å². The van der Waals surface area contributed by atoms with E-state index in [0.717, 1.165) is 16.3 Å². The first-order chi connectivity index (χ1) is 10.2. The van der Waals surface area contributed by atoms with E-state index in [0.29, 0.717) is 6.42 Å². The molecule has 0 saturated carbocycles. The number of aryl methyl sites for hydroxylation is 1. The maximum absolute atomic E-state index is 11.7. The average molecular weight is 304 g/mol. The highest BCUT2D eigenvalue weighted by Crippen LogP contribution is 2.17. The second kappa shape index (κ2) is 7.90. The van der Waals surface area contributed by atoms with Gasteiger partial charge in [-0.25, -0.2) is 0 Å². The van der Waals surface area contributed by atoms with Gasteiger partial charge < -0.3 is 15.0 Å². The van der Waals surface area contributed by atoms with Crippen molar-refractivity contribution in [3.8, 4) is 0 Å². The zero-order valence-electron chi connectivity index (χ0n) is 12.0. The number of aliphatic hydroxyl groups is 1. The highest BCUT2D eigenvalue weighted by Gasteiger charge is 2.11. The maximum Gasteiger partial charge on any atom is 0.220 e. The Morgan fingerprint density at radius 2 is 2.05 bits per heavy atom. The minimum Gasteiger partial charge on any atom is -0.385 e. The number of thioether (sulfide) groups is 1. The number of aromatic nitrogens is 1. The second-order valence-corrected chi connectivity index (χ2v) is 5.94. The number of nitrogens with zero attached hydrogens (tertiary/aromatic N) is 1. The summed E-state index contributed by atoms with van der Waals surface area (Å²) in [6.45, 7) is 0.243. The van der Waals surface area contributed by atoms with E-state index in [1.807, 2.05) is 60.3 Å². The maximum atomic E-state index is 11.7. The first-order valence-electron chi connectivity index (χ1n) is 6.90. The summed E-state index contributed by atoms with van der Waals surface area (Å²) < 4.78 is 1.85. The number of amides is 1. The van der Waals surface area contributed by atoms with Crippen molar-refractivity contribution in [3.63, 3.8) is 0 Å². The van der Waals surface area contributed by atoms with Crippen molar-refractivity contribution in [3.05, 3.63) is 54.4 Å². The summed E-state index contributed by atoms with van der Waals surface area (Å²) in [5.41, 5.74) is 0.800. The number of rotatable bonds is 7. The Hall–Kier alpha value is -1.72. The Kier molecular flexibility index (Phi) is 5.90. The lowest BCUT2D eigenvalue weighted by Crippen LogP contribution is -2.29. The zero-order valence-corrected chi connectivity index (χ0v) is 12.8. The third kappa shape index (κ3) is 4.95. The largest absolute Gasteiger partial charge is 0.385 e. The minimum absolute atomic E-state index is 0.0355. The summed E-state index contributed by atoms with van der Waals surface area (Å²) in [5.74, 6) is 0.697. The molecule has 0 aliphatic rings. The van der Waals surface area contributed by atoms with Crippen molar-refractivity contribution in [2.45, 2.75) is 17.4 Å². The Morgan fingerprint density at radius 1 is 1.29 bits per heavy atom. The van der Waals surface area contributed by atoms with E-state index in [2.05, 4.69) is 5.32 Å². The molecule has 0 saturated heterocycles. The first kappa shape index (κ1) is 15.7. The SMILES string of the molecule is Cn1cccc1C(O)CNC(=O)CCSc1ccccc1. The van der Waals surface area contributed by atoms with Crippen LogP contribution in [0.2, 0.25) is 0 Å². The summed E-state index contributed by atoms with van der Waals surface area (Å²) in [6.07, 6.45) is 1.65. The van der Waals surface area contributed by atoms with Crippen LogP contribution in [-0.4, -0.2) is 27.9 Å². The number of aliphatic hydroxyl groups excluding tert-OH is 1. The fourth-order valence-corrected chi connectivity index (χ4v) is 2.88. The van der Waals surface area contributed by atoms with Crippen molar-refractivity contribution in [1.29, 1.82) is 0 Å². The molecule has 0 radical (unpaired) electrons. The summed E-state index contributed by atoms with van der Waals surface area (Å²) in [7, 11) is 1.87. The van der Waals surface area contributed by atoms with Crippen molar-refractivity contribution >= 4 is 17.7 Å². The van der Waals surface area contributed by atoms with E-state index in [9.17, 15) is 9.90 Å². The van der Waals surface area contributed by atoms with Gasteiger partial charge in [-0.1, -0.05) is 18.2 Å². The third-order valence-corrected chi connectivity index (χ3v) is 4.17. The molecule has 1 unspecified atom stereocenters. The molecule has 21 heavy (non-hydrogen) atoms. The Morgan fingerprint density at radius 3 is 2.71 bits per heavy atom. The molecule has 1 heterocycles. The van der Waals surface area contributed by atoms with E-state index in [4.69, 9.17) is 0 Å². The number of benzene rings is 1. The first-order valence-corrected chi connectivity index (χ1v) is 7.89. The molecule has 1 atom stereocenters. The van der Waals surface area contributed by atoms with Gasteiger partial charge in [0, 0.05) is 42.6 Å². The molecule has 0 fully saturated rings. The van der Waals surface area contributed by atoms with Crippen molar-refractivity contribution in [2.24, 2.45) is 7.05 Å². The fraction of sp³-hybridized carbons (Fsp3) is 0.312. The van der Waals surface area contributed by atoms with Gasteiger partial charge in [0.15, 0.2) is 0 Å². The van der Waals surface area contributed by atoms with Crippen molar-refractivity contribution < 1.29 is 9.90 Å². The van der Waals surface area contributed by atoms with Crippen molar-refractivity contribution in [2.75, 3.05) is 12.3 Å². The molecule has 2 rings (SSSR count). The molecule has 0 spiro atoms. The van der Waals surface area contributed by atoms with Gasteiger partial charge in [-0.05, 0) is 24.3 Å². The fourth-order valence-electron chi connectivity index (χ4n) is 2.00. The van der Waals surface area contributed by atoms with Crippen LogP contribution in [0.5, 0.6) is 0 Å².